The van der Waals surface area contributed by atoms with Gasteiger partial charge in [-0.2, -0.15) is 0 Å². The highest BCUT2D eigenvalue weighted by Gasteiger charge is 2.52. The van der Waals surface area contributed by atoms with Crippen LogP contribution in [-0.2, 0) is 11.2 Å². The Morgan fingerprint density at radius 3 is 2.93 bits per heavy atom. The second-order valence-corrected chi connectivity index (χ2v) is 8.65. The van der Waals surface area contributed by atoms with Gasteiger partial charge in [-0.25, -0.2) is 0 Å². The van der Waals surface area contributed by atoms with E-state index in [-0.39, 0.29) is 29.9 Å². The van der Waals surface area contributed by atoms with Crippen molar-refractivity contribution in [3.8, 4) is 0 Å². The lowest BCUT2D eigenvalue weighted by molar-refractivity contribution is -0.144. The largest absolute Gasteiger partial charge is 0.395 e. The standard InChI is InChI=1S/C23H33N3O2/c1-4-23(16(2)22(28)25(3)14-15-27)11-7-12-26-13-10-18-17-8-5-6-9-19(17)24-20(18)21(23)26/h5-6,8-9,16,21,24,27H,4,7,10-15H2,1-3H3. The van der Waals surface area contributed by atoms with Crippen LogP contribution in [0.5, 0.6) is 0 Å². The minimum atomic E-state index is -0.0882. The smallest absolute Gasteiger partial charge is 0.225 e. The van der Waals surface area contributed by atoms with Crippen LogP contribution in [0.3, 0.4) is 0 Å². The van der Waals surface area contributed by atoms with Crippen LogP contribution in [-0.4, -0.2) is 59.1 Å². The number of piperidine rings is 1. The fourth-order valence-corrected chi connectivity index (χ4v) is 5.90. The number of hydrogen-bond donors (Lipinski definition) is 2. The van der Waals surface area contributed by atoms with Crippen LogP contribution in [0.15, 0.2) is 24.3 Å². The number of hydrogen-bond acceptors (Lipinski definition) is 3. The first-order valence-electron chi connectivity index (χ1n) is 10.7. The molecule has 1 aromatic carbocycles. The van der Waals surface area contributed by atoms with E-state index in [0.717, 1.165) is 38.8 Å². The highest BCUT2D eigenvalue weighted by atomic mass is 16.3. The first-order valence-corrected chi connectivity index (χ1v) is 10.7. The third kappa shape index (κ3) is 2.87. The van der Waals surface area contributed by atoms with Gasteiger partial charge in [0.2, 0.25) is 5.91 Å². The van der Waals surface area contributed by atoms with E-state index in [1.54, 1.807) is 4.90 Å². The number of carbonyl (C=O) groups excluding carboxylic acids is 1. The van der Waals surface area contributed by atoms with Gasteiger partial charge in [0.15, 0.2) is 0 Å². The van der Waals surface area contributed by atoms with Crippen molar-refractivity contribution in [3.05, 3.63) is 35.5 Å². The number of nitrogens with zero attached hydrogens (tertiary/aromatic N) is 2. The summed E-state index contributed by atoms with van der Waals surface area (Å²) < 4.78 is 0. The highest BCUT2D eigenvalue weighted by Crippen LogP contribution is 2.55. The summed E-state index contributed by atoms with van der Waals surface area (Å²) in [4.78, 5) is 21.3. The molecule has 2 N–H and O–H groups in total. The maximum Gasteiger partial charge on any atom is 0.225 e. The van der Waals surface area contributed by atoms with Gasteiger partial charge in [0.05, 0.1) is 12.6 Å². The SMILES string of the molecule is CCC1(C(C)C(=O)N(C)CCO)CCCN2CCc3c([nH]c4ccccc34)C21. The lowest BCUT2D eigenvalue weighted by Crippen LogP contribution is -2.54. The fraction of sp³-hybridized carbons (Fsp3) is 0.609. The van der Waals surface area contributed by atoms with Crippen molar-refractivity contribution in [1.29, 1.82) is 0 Å². The summed E-state index contributed by atoms with van der Waals surface area (Å²) in [5.41, 5.74) is 3.90. The van der Waals surface area contributed by atoms with Gasteiger partial charge in [-0.1, -0.05) is 32.0 Å². The number of para-hydroxylation sites is 1. The maximum atomic E-state index is 13.2. The Balaban J connectivity index is 1.80. The molecule has 0 spiro atoms. The van der Waals surface area contributed by atoms with E-state index in [4.69, 9.17) is 0 Å². The third-order valence-corrected chi connectivity index (χ3v) is 7.47. The zero-order valence-corrected chi connectivity index (χ0v) is 17.4. The number of amides is 1. The van der Waals surface area contributed by atoms with Gasteiger partial charge in [0.1, 0.15) is 0 Å². The van der Waals surface area contributed by atoms with Gasteiger partial charge >= 0.3 is 0 Å². The number of carbonyl (C=O) groups is 1. The monoisotopic (exact) mass is 383 g/mol. The zero-order valence-electron chi connectivity index (χ0n) is 17.4. The Hall–Kier alpha value is -1.85. The van der Waals surface area contributed by atoms with Gasteiger partial charge < -0.3 is 15.0 Å². The van der Waals surface area contributed by atoms with Crippen molar-refractivity contribution in [1.82, 2.24) is 14.8 Å². The Morgan fingerprint density at radius 2 is 2.18 bits per heavy atom. The molecule has 0 aliphatic carbocycles. The number of aromatic amines is 1. The van der Waals surface area contributed by atoms with E-state index in [1.807, 2.05) is 7.05 Å². The van der Waals surface area contributed by atoms with Crippen LogP contribution in [0, 0.1) is 11.3 Å². The minimum absolute atomic E-state index is 0.00973. The molecule has 3 heterocycles. The molecule has 2 aliphatic rings. The lowest BCUT2D eigenvalue weighted by atomic mass is 9.61. The number of rotatable bonds is 5. The molecule has 5 heteroatoms. The number of aliphatic hydroxyl groups excluding tert-OH is 1. The molecule has 1 fully saturated rings. The Labute approximate surface area is 167 Å². The number of aliphatic hydroxyl groups is 1. The molecule has 0 bridgehead atoms. The van der Waals surface area contributed by atoms with Gasteiger partial charge in [-0.05, 0) is 43.9 Å². The minimum Gasteiger partial charge on any atom is -0.395 e. The molecular formula is C23H33N3O2. The number of aromatic nitrogens is 1. The highest BCUT2D eigenvalue weighted by molar-refractivity contribution is 5.85. The summed E-state index contributed by atoms with van der Waals surface area (Å²) in [7, 11) is 1.81. The molecular weight excluding hydrogens is 350 g/mol. The summed E-state index contributed by atoms with van der Waals surface area (Å²) in [6, 6.07) is 8.85. The van der Waals surface area contributed by atoms with Crippen molar-refractivity contribution in [3.63, 3.8) is 0 Å². The number of fused-ring (bicyclic) bond motifs is 5. The van der Waals surface area contributed by atoms with Gasteiger partial charge in [0.25, 0.3) is 0 Å². The topological polar surface area (TPSA) is 59.6 Å². The van der Waals surface area contributed by atoms with Crippen LogP contribution in [0.4, 0.5) is 0 Å². The van der Waals surface area contributed by atoms with E-state index >= 15 is 0 Å². The van der Waals surface area contributed by atoms with Crippen molar-refractivity contribution < 1.29 is 9.90 Å². The summed E-state index contributed by atoms with van der Waals surface area (Å²) >= 11 is 0. The predicted molar refractivity (Wildman–Crippen MR) is 112 cm³/mol. The van der Waals surface area contributed by atoms with Crippen molar-refractivity contribution in [2.24, 2.45) is 11.3 Å². The average molecular weight is 384 g/mol. The van der Waals surface area contributed by atoms with E-state index in [9.17, 15) is 9.90 Å². The summed E-state index contributed by atoms with van der Waals surface area (Å²) in [5, 5.41) is 10.6. The normalized spacial score (nSPS) is 25.9. The summed E-state index contributed by atoms with van der Waals surface area (Å²) in [5.74, 6) is 0.0696. The van der Waals surface area contributed by atoms with Gasteiger partial charge in [0, 0.05) is 48.1 Å². The average Bonchev–Trinajstić information content (AvgIpc) is 3.11. The van der Waals surface area contributed by atoms with Gasteiger partial charge in [-0.3, -0.25) is 9.69 Å². The molecule has 2 aromatic rings. The maximum absolute atomic E-state index is 13.2. The van der Waals surface area contributed by atoms with Crippen LogP contribution in [0.25, 0.3) is 10.9 Å². The van der Waals surface area contributed by atoms with Crippen molar-refractivity contribution in [2.75, 3.05) is 33.3 Å². The number of benzene rings is 1. The van der Waals surface area contributed by atoms with Crippen molar-refractivity contribution >= 4 is 16.8 Å². The molecule has 1 aromatic heterocycles. The first-order chi connectivity index (χ1) is 13.5. The van der Waals surface area contributed by atoms with Crippen LogP contribution in [0.2, 0.25) is 0 Å². The fourth-order valence-electron chi connectivity index (χ4n) is 5.90. The summed E-state index contributed by atoms with van der Waals surface area (Å²) in [6.07, 6.45) is 4.26. The molecule has 2 aliphatic heterocycles. The zero-order chi connectivity index (χ0) is 19.9. The van der Waals surface area contributed by atoms with Gasteiger partial charge in [-0.15, -0.1) is 0 Å². The molecule has 1 amide bonds. The van der Waals surface area contributed by atoms with E-state index in [1.165, 1.54) is 22.2 Å². The van der Waals surface area contributed by atoms with Crippen LogP contribution < -0.4 is 0 Å². The molecule has 5 nitrogen and oxygen atoms in total. The first kappa shape index (κ1) is 19.5. The van der Waals surface area contributed by atoms with Crippen LogP contribution >= 0.6 is 0 Å². The van der Waals surface area contributed by atoms with Crippen LogP contribution in [0.1, 0.15) is 50.4 Å². The molecule has 1 saturated heterocycles. The third-order valence-electron chi connectivity index (χ3n) is 7.47. The Bertz CT molecular complexity index is 861. The number of nitrogens with one attached hydrogen (secondary N) is 1. The second-order valence-electron chi connectivity index (χ2n) is 8.65. The second kappa shape index (κ2) is 7.53. The lowest BCUT2D eigenvalue weighted by Gasteiger charge is -2.54. The molecule has 152 valence electrons. The molecule has 4 rings (SSSR count). The predicted octanol–water partition coefficient (Wildman–Crippen LogP) is 3.34. The van der Waals surface area contributed by atoms with E-state index < -0.39 is 0 Å². The number of likely N-dealkylation sites (N-methyl/N-ethyl adjacent to an activating group) is 1. The summed E-state index contributed by atoms with van der Waals surface area (Å²) in [6.45, 7) is 6.93. The number of H-pyrrole nitrogens is 1. The molecule has 0 radical (unpaired) electrons. The van der Waals surface area contributed by atoms with E-state index in [0.29, 0.717) is 6.54 Å². The Kier molecular flexibility index (Phi) is 5.23. The molecule has 3 atom stereocenters. The molecule has 28 heavy (non-hydrogen) atoms. The van der Waals surface area contributed by atoms with Crippen molar-refractivity contribution in [2.45, 2.75) is 45.6 Å². The quantitative estimate of drug-likeness (QED) is 0.832. The van der Waals surface area contributed by atoms with E-state index in [2.05, 4.69) is 48.0 Å². The Morgan fingerprint density at radius 1 is 1.39 bits per heavy atom. The molecule has 0 saturated carbocycles. The molecule has 3 unspecified atom stereocenters.